The molecule has 0 saturated carbocycles. The molecular weight excluding hydrogens is 338 g/mol. The molecule has 4 aromatic carbocycles. The van der Waals surface area contributed by atoms with E-state index in [-0.39, 0.29) is 5.92 Å². The van der Waals surface area contributed by atoms with Gasteiger partial charge in [-0.2, -0.15) is 0 Å². The molecule has 1 heteroatoms. The number of fused-ring (bicyclic) bond motifs is 3. The van der Waals surface area contributed by atoms with E-state index in [1.54, 1.807) is 0 Å². The fourth-order valence-electron chi connectivity index (χ4n) is 4.24. The van der Waals surface area contributed by atoms with Crippen molar-refractivity contribution in [2.45, 2.75) is 12.8 Å². The summed E-state index contributed by atoms with van der Waals surface area (Å²) in [6.07, 6.45) is 0. The summed E-state index contributed by atoms with van der Waals surface area (Å²) in [4.78, 5) is 5.26. The summed E-state index contributed by atoms with van der Waals surface area (Å²) in [5.74, 6) is 0.0894. The van der Waals surface area contributed by atoms with Gasteiger partial charge in [-0.3, -0.25) is 4.99 Å². The fraction of sp³-hybridized carbons (Fsp3) is 0.0741. The van der Waals surface area contributed by atoms with Crippen molar-refractivity contribution in [3.05, 3.63) is 125 Å². The number of benzene rings is 4. The molecule has 0 bridgehead atoms. The number of nitrogens with zero attached hydrogens (tertiary/aromatic N) is 1. The summed E-state index contributed by atoms with van der Waals surface area (Å²) < 4.78 is 0. The van der Waals surface area contributed by atoms with E-state index in [2.05, 4.69) is 110 Å². The lowest BCUT2D eigenvalue weighted by molar-refractivity contribution is 1.08. The van der Waals surface area contributed by atoms with Crippen LogP contribution >= 0.6 is 0 Å². The van der Waals surface area contributed by atoms with E-state index in [9.17, 15) is 0 Å². The second kappa shape index (κ2) is 6.94. The largest absolute Gasteiger partial charge is 0.251 e. The number of aryl methyl sites for hydroxylation is 1. The first kappa shape index (κ1) is 16.7. The van der Waals surface area contributed by atoms with Gasteiger partial charge in [0.15, 0.2) is 0 Å². The third-order valence-corrected chi connectivity index (χ3v) is 5.51. The molecule has 0 fully saturated rings. The Hall–Kier alpha value is -3.45. The van der Waals surface area contributed by atoms with Gasteiger partial charge in [-0.05, 0) is 40.8 Å². The predicted octanol–water partition coefficient (Wildman–Crippen LogP) is 6.93. The Labute approximate surface area is 166 Å². The Morgan fingerprint density at radius 3 is 2.11 bits per heavy atom. The predicted molar refractivity (Wildman–Crippen MR) is 118 cm³/mol. The summed E-state index contributed by atoms with van der Waals surface area (Å²) in [7, 11) is 0. The molecule has 134 valence electrons. The van der Waals surface area contributed by atoms with Crippen LogP contribution in [-0.4, -0.2) is 5.71 Å². The summed E-state index contributed by atoms with van der Waals surface area (Å²) >= 11 is 0. The van der Waals surface area contributed by atoms with Crippen LogP contribution in [0, 0.1) is 6.92 Å². The number of hydrogen-bond acceptors (Lipinski definition) is 1. The van der Waals surface area contributed by atoms with Gasteiger partial charge in [-0.25, -0.2) is 0 Å². The number of hydrogen-bond donors (Lipinski definition) is 0. The maximum atomic E-state index is 5.26. The number of aliphatic imine (C=N–C) groups is 1. The van der Waals surface area contributed by atoms with Crippen molar-refractivity contribution in [3.63, 3.8) is 0 Å². The van der Waals surface area contributed by atoms with Gasteiger partial charge in [0.25, 0.3) is 0 Å². The lowest BCUT2D eigenvalue weighted by atomic mass is 9.81. The lowest BCUT2D eigenvalue weighted by Gasteiger charge is -2.21. The van der Waals surface area contributed by atoms with Crippen molar-refractivity contribution in [1.82, 2.24) is 0 Å². The zero-order valence-corrected chi connectivity index (χ0v) is 15.8. The van der Waals surface area contributed by atoms with E-state index < -0.39 is 0 Å². The molecule has 1 atom stereocenters. The molecule has 0 radical (unpaired) electrons. The quantitative estimate of drug-likeness (QED) is 0.368. The third-order valence-electron chi connectivity index (χ3n) is 5.51. The second-order valence-corrected chi connectivity index (χ2v) is 7.26. The van der Waals surface area contributed by atoms with E-state index in [1.807, 2.05) is 0 Å². The molecule has 0 unspecified atom stereocenters. The minimum Gasteiger partial charge on any atom is -0.251 e. The fourth-order valence-corrected chi connectivity index (χ4v) is 4.24. The summed E-state index contributed by atoms with van der Waals surface area (Å²) in [5.41, 5.74) is 9.67. The van der Waals surface area contributed by atoms with Crippen LogP contribution in [0.4, 0.5) is 5.69 Å². The van der Waals surface area contributed by atoms with E-state index >= 15 is 0 Å². The Morgan fingerprint density at radius 2 is 1.32 bits per heavy atom. The van der Waals surface area contributed by atoms with Crippen molar-refractivity contribution >= 4 is 11.4 Å². The molecule has 0 aliphatic carbocycles. The van der Waals surface area contributed by atoms with Crippen LogP contribution in [0.2, 0.25) is 0 Å². The van der Waals surface area contributed by atoms with Crippen LogP contribution in [0.5, 0.6) is 0 Å². The molecule has 0 N–H and O–H groups in total. The average Bonchev–Trinajstić information content (AvgIpc) is 2.90. The van der Waals surface area contributed by atoms with Crippen LogP contribution in [0.3, 0.4) is 0 Å². The zero-order chi connectivity index (χ0) is 18.9. The van der Waals surface area contributed by atoms with E-state index in [0.717, 1.165) is 11.4 Å². The SMILES string of the molecule is Cc1cccc2c1-c1ccccc1[C@@H](c1ccccc1)C(c1ccccc1)=N2. The molecule has 0 aromatic heterocycles. The highest BCUT2D eigenvalue weighted by atomic mass is 14.8. The minimum absolute atomic E-state index is 0.0894. The van der Waals surface area contributed by atoms with Crippen LogP contribution in [0.25, 0.3) is 11.1 Å². The molecule has 1 nitrogen and oxygen atoms in total. The molecule has 1 aliphatic rings. The van der Waals surface area contributed by atoms with E-state index in [4.69, 9.17) is 4.99 Å². The summed E-state index contributed by atoms with van der Waals surface area (Å²) in [6.45, 7) is 2.18. The monoisotopic (exact) mass is 359 g/mol. The van der Waals surface area contributed by atoms with Gasteiger partial charge >= 0.3 is 0 Å². The molecule has 0 amide bonds. The van der Waals surface area contributed by atoms with Crippen molar-refractivity contribution in [2.75, 3.05) is 0 Å². The van der Waals surface area contributed by atoms with Gasteiger partial charge < -0.3 is 0 Å². The molecule has 4 aromatic rings. The van der Waals surface area contributed by atoms with Gasteiger partial charge in [-0.15, -0.1) is 0 Å². The molecule has 28 heavy (non-hydrogen) atoms. The van der Waals surface area contributed by atoms with Gasteiger partial charge in [0.05, 0.1) is 17.3 Å². The highest BCUT2D eigenvalue weighted by molar-refractivity contribution is 6.11. The first-order valence-electron chi connectivity index (χ1n) is 9.71. The molecular formula is C27H21N. The molecule has 5 rings (SSSR count). The average molecular weight is 359 g/mol. The first-order chi connectivity index (χ1) is 13.8. The van der Waals surface area contributed by atoms with Gasteiger partial charge in [0.2, 0.25) is 0 Å². The zero-order valence-electron chi connectivity index (χ0n) is 15.8. The molecule has 1 aliphatic heterocycles. The van der Waals surface area contributed by atoms with E-state index in [0.29, 0.717) is 0 Å². The Bertz CT molecular complexity index is 1160. The van der Waals surface area contributed by atoms with Crippen molar-refractivity contribution < 1.29 is 0 Å². The normalized spacial score (nSPS) is 15.2. The van der Waals surface area contributed by atoms with E-state index in [1.165, 1.54) is 33.4 Å². The van der Waals surface area contributed by atoms with Crippen LogP contribution in [-0.2, 0) is 0 Å². The van der Waals surface area contributed by atoms with Crippen molar-refractivity contribution in [3.8, 4) is 11.1 Å². The Morgan fingerprint density at radius 1 is 0.643 bits per heavy atom. The van der Waals surface area contributed by atoms with Gasteiger partial charge in [-0.1, -0.05) is 97.1 Å². The summed E-state index contributed by atoms with van der Waals surface area (Å²) in [6, 6.07) is 36.5. The Kier molecular flexibility index (Phi) is 4.14. The number of rotatable bonds is 2. The van der Waals surface area contributed by atoms with Crippen molar-refractivity contribution in [2.24, 2.45) is 4.99 Å². The topological polar surface area (TPSA) is 12.4 Å². The first-order valence-corrected chi connectivity index (χ1v) is 9.71. The highest BCUT2D eigenvalue weighted by Crippen LogP contribution is 2.44. The third kappa shape index (κ3) is 2.76. The molecule has 0 saturated heterocycles. The Balaban J connectivity index is 1.88. The smallest absolute Gasteiger partial charge is 0.0714 e. The maximum absolute atomic E-state index is 5.26. The highest BCUT2D eigenvalue weighted by Gasteiger charge is 2.28. The van der Waals surface area contributed by atoms with Crippen LogP contribution in [0.15, 0.2) is 108 Å². The second-order valence-electron chi connectivity index (χ2n) is 7.26. The maximum Gasteiger partial charge on any atom is 0.0714 e. The summed E-state index contributed by atoms with van der Waals surface area (Å²) in [5, 5.41) is 0. The van der Waals surface area contributed by atoms with Crippen LogP contribution in [0.1, 0.15) is 28.2 Å². The van der Waals surface area contributed by atoms with Crippen molar-refractivity contribution in [1.29, 1.82) is 0 Å². The molecule has 0 spiro atoms. The lowest BCUT2D eigenvalue weighted by Crippen LogP contribution is -2.15. The van der Waals surface area contributed by atoms with Crippen LogP contribution < -0.4 is 0 Å². The van der Waals surface area contributed by atoms with Gasteiger partial charge in [0.1, 0.15) is 0 Å². The molecule has 1 heterocycles. The minimum atomic E-state index is 0.0894. The van der Waals surface area contributed by atoms with Gasteiger partial charge in [0, 0.05) is 5.56 Å². The standard InChI is InChI=1S/C27H21N/c1-19-11-10-18-24-25(19)22-16-8-9-17-23(22)26(20-12-4-2-5-13-20)27(28-24)21-14-6-3-7-15-21/h2-18,26H,1H3/t26-/m1/s1.